The van der Waals surface area contributed by atoms with Gasteiger partial charge in [0.1, 0.15) is 17.3 Å². The highest BCUT2D eigenvalue weighted by Crippen LogP contribution is 2.23. The van der Waals surface area contributed by atoms with Gasteiger partial charge in [0.2, 0.25) is 0 Å². The molecule has 0 radical (unpaired) electrons. The lowest BCUT2D eigenvalue weighted by atomic mass is 10.1. The van der Waals surface area contributed by atoms with Gasteiger partial charge >= 0.3 is 0 Å². The molecule has 0 fully saturated rings. The third-order valence-corrected chi connectivity index (χ3v) is 2.61. The predicted octanol–water partition coefficient (Wildman–Crippen LogP) is 2.16. The van der Waals surface area contributed by atoms with Crippen molar-refractivity contribution in [2.45, 2.75) is 13.5 Å². The molecule has 1 aromatic carbocycles. The Bertz CT molecular complexity index is 362. The maximum atomic E-state index is 13.8. The summed E-state index contributed by atoms with van der Waals surface area (Å²) in [5.41, 5.74) is 0.587. The van der Waals surface area contributed by atoms with Crippen LogP contribution in [0.3, 0.4) is 0 Å². The van der Waals surface area contributed by atoms with Crippen LogP contribution in [-0.4, -0.2) is 33.9 Å². The van der Waals surface area contributed by atoms with Gasteiger partial charge in [0, 0.05) is 26.7 Å². The van der Waals surface area contributed by atoms with E-state index in [0.717, 1.165) is 0 Å². The fourth-order valence-corrected chi connectivity index (χ4v) is 1.75. The lowest BCUT2D eigenvalue weighted by Gasteiger charge is -2.21. The van der Waals surface area contributed by atoms with Gasteiger partial charge in [-0.2, -0.15) is 0 Å². The molecule has 1 aromatic rings. The Morgan fingerprint density at radius 3 is 2.39 bits per heavy atom. The normalized spacial score (nSPS) is 10.7. The fraction of sp³-hybridized carbons (Fsp3) is 0.538. The molecule has 0 aromatic heterocycles. The SMILES string of the molecule is CCOCCN(C)c1c(F)cc(CNC)cc1F. The van der Waals surface area contributed by atoms with Gasteiger partial charge in [-0.3, -0.25) is 0 Å². The molecule has 0 unspecified atom stereocenters. The second-order valence-corrected chi connectivity index (χ2v) is 4.06. The molecule has 0 spiro atoms. The lowest BCUT2D eigenvalue weighted by Crippen LogP contribution is -2.25. The summed E-state index contributed by atoms with van der Waals surface area (Å²) in [6, 6.07) is 2.71. The van der Waals surface area contributed by atoms with E-state index in [0.29, 0.717) is 31.9 Å². The van der Waals surface area contributed by atoms with Crippen LogP contribution in [0.15, 0.2) is 12.1 Å². The maximum Gasteiger partial charge on any atom is 0.149 e. The molecular weight excluding hydrogens is 238 g/mol. The molecule has 0 saturated carbocycles. The first-order chi connectivity index (χ1) is 8.60. The van der Waals surface area contributed by atoms with Gasteiger partial charge in [-0.05, 0) is 31.7 Å². The van der Waals surface area contributed by atoms with Crippen molar-refractivity contribution in [2.24, 2.45) is 0 Å². The third-order valence-electron chi connectivity index (χ3n) is 2.61. The number of ether oxygens (including phenoxy) is 1. The molecule has 1 N–H and O–H groups in total. The number of halogens is 2. The zero-order valence-electron chi connectivity index (χ0n) is 11.1. The molecule has 0 saturated heterocycles. The van der Waals surface area contributed by atoms with E-state index in [9.17, 15) is 8.78 Å². The van der Waals surface area contributed by atoms with E-state index < -0.39 is 11.6 Å². The monoisotopic (exact) mass is 258 g/mol. The zero-order chi connectivity index (χ0) is 13.5. The number of nitrogens with one attached hydrogen (secondary N) is 1. The first-order valence-corrected chi connectivity index (χ1v) is 6.01. The second-order valence-electron chi connectivity index (χ2n) is 4.06. The van der Waals surface area contributed by atoms with E-state index in [1.807, 2.05) is 6.92 Å². The van der Waals surface area contributed by atoms with Gasteiger partial charge in [-0.1, -0.05) is 0 Å². The quantitative estimate of drug-likeness (QED) is 0.758. The molecule has 102 valence electrons. The summed E-state index contributed by atoms with van der Waals surface area (Å²) in [5.74, 6) is -1.08. The fourth-order valence-electron chi connectivity index (χ4n) is 1.75. The molecule has 1 rings (SSSR count). The van der Waals surface area contributed by atoms with Gasteiger partial charge in [0.05, 0.1) is 6.61 Å². The lowest BCUT2D eigenvalue weighted by molar-refractivity contribution is 0.154. The van der Waals surface area contributed by atoms with Crippen LogP contribution in [0.2, 0.25) is 0 Å². The van der Waals surface area contributed by atoms with Crippen LogP contribution in [0.25, 0.3) is 0 Å². The molecule has 0 bridgehead atoms. The number of hydrogen-bond donors (Lipinski definition) is 1. The second kappa shape index (κ2) is 7.28. The van der Waals surface area contributed by atoms with Gasteiger partial charge in [0.15, 0.2) is 0 Å². The van der Waals surface area contributed by atoms with Crippen molar-refractivity contribution in [3.8, 4) is 0 Å². The Kier molecular flexibility index (Phi) is 6.01. The summed E-state index contributed by atoms with van der Waals surface area (Å²) in [4.78, 5) is 1.53. The Balaban J connectivity index is 2.81. The Morgan fingerprint density at radius 1 is 1.28 bits per heavy atom. The standard InChI is InChI=1S/C13H20F2N2O/c1-4-18-6-5-17(3)13-11(14)7-10(9-16-2)8-12(13)15/h7-8,16H,4-6,9H2,1-3H3. The van der Waals surface area contributed by atoms with E-state index >= 15 is 0 Å². The highest BCUT2D eigenvalue weighted by atomic mass is 19.1. The topological polar surface area (TPSA) is 24.5 Å². The average Bonchev–Trinajstić information content (AvgIpc) is 2.28. The van der Waals surface area contributed by atoms with Crippen molar-refractivity contribution < 1.29 is 13.5 Å². The predicted molar refractivity (Wildman–Crippen MR) is 68.9 cm³/mol. The molecule has 0 amide bonds. The molecule has 0 aliphatic carbocycles. The molecule has 3 nitrogen and oxygen atoms in total. The Morgan fingerprint density at radius 2 is 1.89 bits per heavy atom. The van der Waals surface area contributed by atoms with Crippen LogP contribution in [0.4, 0.5) is 14.5 Å². The number of hydrogen-bond acceptors (Lipinski definition) is 3. The smallest absolute Gasteiger partial charge is 0.149 e. The van der Waals surface area contributed by atoms with Crippen molar-refractivity contribution in [3.63, 3.8) is 0 Å². The van der Waals surface area contributed by atoms with E-state index in [1.54, 1.807) is 14.1 Å². The van der Waals surface area contributed by atoms with E-state index in [4.69, 9.17) is 4.74 Å². The van der Waals surface area contributed by atoms with Crippen molar-refractivity contribution in [2.75, 3.05) is 38.8 Å². The van der Waals surface area contributed by atoms with Crippen molar-refractivity contribution in [3.05, 3.63) is 29.3 Å². The van der Waals surface area contributed by atoms with Crippen LogP contribution in [0, 0.1) is 11.6 Å². The minimum atomic E-state index is -0.542. The highest BCUT2D eigenvalue weighted by molar-refractivity contribution is 5.50. The highest BCUT2D eigenvalue weighted by Gasteiger charge is 2.14. The van der Waals surface area contributed by atoms with Crippen LogP contribution < -0.4 is 10.2 Å². The summed E-state index contributed by atoms with van der Waals surface area (Å²) in [5, 5.41) is 2.86. The van der Waals surface area contributed by atoms with E-state index in [-0.39, 0.29) is 5.69 Å². The summed E-state index contributed by atoms with van der Waals surface area (Å²) in [7, 11) is 3.39. The summed E-state index contributed by atoms with van der Waals surface area (Å²) >= 11 is 0. The van der Waals surface area contributed by atoms with Gasteiger partial charge in [-0.25, -0.2) is 8.78 Å². The van der Waals surface area contributed by atoms with Crippen LogP contribution in [-0.2, 0) is 11.3 Å². The van der Waals surface area contributed by atoms with Crippen molar-refractivity contribution >= 4 is 5.69 Å². The minimum absolute atomic E-state index is 0.00504. The number of likely N-dealkylation sites (N-methyl/N-ethyl adjacent to an activating group) is 1. The van der Waals surface area contributed by atoms with E-state index in [1.165, 1.54) is 17.0 Å². The maximum absolute atomic E-state index is 13.8. The van der Waals surface area contributed by atoms with Crippen molar-refractivity contribution in [1.82, 2.24) is 5.32 Å². The molecule has 18 heavy (non-hydrogen) atoms. The first kappa shape index (κ1) is 14.9. The van der Waals surface area contributed by atoms with E-state index in [2.05, 4.69) is 5.32 Å². The molecule has 5 heteroatoms. The molecule has 0 atom stereocenters. The minimum Gasteiger partial charge on any atom is -0.380 e. The largest absolute Gasteiger partial charge is 0.380 e. The van der Waals surface area contributed by atoms with Crippen LogP contribution in [0.5, 0.6) is 0 Å². The average molecular weight is 258 g/mol. The number of rotatable bonds is 7. The number of benzene rings is 1. The first-order valence-electron chi connectivity index (χ1n) is 6.01. The summed E-state index contributed by atoms with van der Waals surface area (Å²) in [6.45, 7) is 3.82. The van der Waals surface area contributed by atoms with Gasteiger partial charge in [-0.15, -0.1) is 0 Å². The molecule has 0 heterocycles. The Labute approximate surface area is 107 Å². The Hall–Kier alpha value is -1.20. The zero-order valence-corrected chi connectivity index (χ0v) is 11.1. The van der Waals surface area contributed by atoms with Crippen molar-refractivity contribution in [1.29, 1.82) is 0 Å². The number of anilines is 1. The summed E-state index contributed by atoms with van der Waals surface area (Å²) in [6.07, 6.45) is 0. The van der Waals surface area contributed by atoms with Crippen LogP contribution in [0.1, 0.15) is 12.5 Å². The summed E-state index contributed by atoms with van der Waals surface area (Å²) < 4.78 is 32.9. The molecular formula is C13H20F2N2O. The third kappa shape index (κ3) is 3.92. The number of nitrogens with zero attached hydrogens (tertiary/aromatic N) is 1. The molecule has 0 aliphatic rings. The molecule has 0 aliphatic heterocycles. The van der Waals surface area contributed by atoms with Crippen LogP contribution >= 0.6 is 0 Å². The van der Waals surface area contributed by atoms with Gasteiger partial charge < -0.3 is 15.0 Å². The van der Waals surface area contributed by atoms with Gasteiger partial charge in [0.25, 0.3) is 0 Å².